The Labute approximate surface area is 120 Å². The minimum atomic E-state index is -3.09. The zero-order valence-corrected chi connectivity index (χ0v) is 12.9. The summed E-state index contributed by atoms with van der Waals surface area (Å²) in [4.78, 5) is 11.6. The summed E-state index contributed by atoms with van der Waals surface area (Å²) in [6.07, 6.45) is 7.48. The lowest BCUT2D eigenvalue weighted by Gasteiger charge is -2.31. The van der Waals surface area contributed by atoms with Crippen molar-refractivity contribution in [2.75, 3.05) is 19.3 Å². The van der Waals surface area contributed by atoms with Gasteiger partial charge in [0, 0.05) is 44.0 Å². The Kier molecular flexibility index (Phi) is 4.65. The number of carbonyl (C=O) groups is 1. The number of hydrogen-bond donors (Lipinski definition) is 0. The van der Waals surface area contributed by atoms with Crippen LogP contribution in [0.5, 0.6) is 0 Å². The zero-order chi connectivity index (χ0) is 14.8. The topological polar surface area (TPSA) is 59.4 Å². The van der Waals surface area contributed by atoms with Crippen molar-refractivity contribution >= 4 is 15.8 Å². The number of ketones is 1. The van der Waals surface area contributed by atoms with Crippen molar-refractivity contribution in [1.82, 2.24) is 8.87 Å². The van der Waals surface area contributed by atoms with Crippen molar-refractivity contribution in [1.29, 1.82) is 0 Å². The fraction of sp³-hybridized carbons (Fsp3) is 0.643. The van der Waals surface area contributed by atoms with Crippen LogP contribution in [0.25, 0.3) is 0 Å². The number of rotatable bonds is 5. The molecule has 1 unspecified atom stereocenters. The third-order valence-corrected chi connectivity index (χ3v) is 5.08. The number of hydrogen-bond acceptors (Lipinski definition) is 3. The largest absolute Gasteiger partial charge is 0.353 e. The molecular weight excluding hydrogens is 276 g/mol. The number of piperidine rings is 1. The molecule has 5 nitrogen and oxygen atoms in total. The van der Waals surface area contributed by atoms with Crippen LogP contribution in [0.4, 0.5) is 0 Å². The molecule has 1 aromatic heterocycles. The maximum Gasteiger partial charge on any atom is 0.211 e. The van der Waals surface area contributed by atoms with E-state index in [0.717, 1.165) is 24.9 Å². The standard InChI is InChI=1S/C14H22N2O3S/c1-3-14(17)13-6-8-15(11-13)9-12-5-4-7-16(10-12)20(2,18)19/h6,8,11-12H,3-5,7,9-10H2,1-2H3. The van der Waals surface area contributed by atoms with Gasteiger partial charge in [-0.1, -0.05) is 6.92 Å². The Morgan fingerprint density at radius 1 is 1.45 bits per heavy atom. The lowest BCUT2D eigenvalue weighted by Crippen LogP contribution is -2.40. The predicted molar refractivity (Wildman–Crippen MR) is 78.2 cm³/mol. The van der Waals surface area contributed by atoms with Crippen molar-refractivity contribution in [3.63, 3.8) is 0 Å². The second-order valence-corrected chi connectivity index (χ2v) is 7.49. The highest BCUT2D eigenvalue weighted by Gasteiger charge is 2.25. The summed E-state index contributed by atoms with van der Waals surface area (Å²) in [5.74, 6) is 0.459. The van der Waals surface area contributed by atoms with Crippen LogP contribution in [0.3, 0.4) is 0 Å². The molecule has 112 valence electrons. The van der Waals surface area contributed by atoms with Crippen molar-refractivity contribution in [2.45, 2.75) is 32.7 Å². The Hall–Kier alpha value is -1.14. The minimum Gasteiger partial charge on any atom is -0.353 e. The molecule has 0 saturated carbocycles. The molecular formula is C14H22N2O3S. The molecule has 1 atom stereocenters. The normalized spacial score (nSPS) is 21.0. The average molecular weight is 298 g/mol. The lowest BCUT2D eigenvalue weighted by molar-refractivity contribution is 0.0988. The number of Topliss-reactive ketones (excluding diaryl/α,β-unsaturated/α-hetero) is 1. The van der Waals surface area contributed by atoms with Gasteiger partial charge in [-0.3, -0.25) is 4.79 Å². The Morgan fingerprint density at radius 3 is 2.85 bits per heavy atom. The van der Waals surface area contributed by atoms with E-state index in [1.165, 1.54) is 6.26 Å². The van der Waals surface area contributed by atoms with E-state index >= 15 is 0 Å². The molecule has 1 aromatic rings. The van der Waals surface area contributed by atoms with Gasteiger partial charge in [-0.25, -0.2) is 12.7 Å². The van der Waals surface area contributed by atoms with Gasteiger partial charge in [-0.15, -0.1) is 0 Å². The highest BCUT2D eigenvalue weighted by Crippen LogP contribution is 2.20. The summed E-state index contributed by atoms with van der Waals surface area (Å²) in [6.45, 7) is 3.82. The number of carbonyl (C=O) groups excluding carboxylic acids is 1. The minimum absolute atomic E-state index is 0.144. The molecule has 2 heterocycles. The molecule has 1 aliphatic rings. The number of sulfonamides is 1. The van der Waals surface area contributed by atoms with E-state index in [0.29, 0.717) is 25.4 Å². The smallest absolute Gasteiger partial charge is 0.211 e. The third kappa shape index (κ3) is 3.70. The van der Waals surface area contributed by atoms with E-state index in [9.17, 15) is 13.2 Å². The van der Waals surface area contributed by atoms with E-state index in [1.54, 1.807) is 4.31 Å². The summed E-state index contributed by atoms with van der Waals surface area (Å²) >= 11 is 0. The van der Waals surface area contributed by atoms with Crippen molar-refractivity contribution in [3.05, 3.63) is 24.0 Å². The van der Waals surface area contributed by atoms with Crippen LogP contribution in [-0.4, -0.2) is 42.4 Å². The van der Waals surface area contributed by atoms with Gasteiger partial charge in [0.05, 0.1) is 6.26 Å². The molecule has 0 aliphatic carbocycles. The quantitative estimate of drug-likeness (QED) is 0.778. The summed E-state index contributed by atoms with van der Waals surface area (Å²) < 4.78 is 26.7. The Morgan fingerprint density at radius 2 is 2.20 bits per heavy atom. The van der Waals surface area contributed by atoms with Gasteiger partial charge in [-0.05, 0) is 24.8 Å². The van der Waals surface area contributed by atoms with Crippen LogP contribution < -0.4 is 0 Å². The average Bonchev–Trinajstić information content (AvgIpc) is 2.85. The van der Waals surface area contributed by atoms with Gasteiger partial charge in [0.15, 0.2) is 5.78 Å². The highest BCUT2D eigenvalue weighted by molar-refractivity contribution is 7.88. The van der Waals surface area contributed by atoms with Gasteiger partial charge in [0.2, 0.25) is 10.0 Å². The van der Waals surface area contributed by atoms with Gasteiger partial charge in [-0.2, -0.15) is 0 Å². The second kappa shape index (κ2) is 6.10. The fourth-order valence-corrected chi connectivity index (χ4v) is 3.64. The first-order valence-electron chi connectivity index (χ1n) is 7.04. The molecule has 0 aromatic carbocycles. The van der Waals surface area contributed by atoms with Crippen LogP contribution in [0.15, 0.2) is 18.5 Å². The van der Waals surface area contributed by atoms with Gasteiger partial charge < -0.3 is 4.57 Å². The van der Waals surface area contributed by atoms with Crippen LogP contribution in [0, 0.1) is 5.92 Å². The van der Waals surface area contributed by atoms with Gasteiger partial charge in [0.25, 0.3) is 0 Å². The molecule has 6 heteroatoms. The zero-order valence-electron chi connectivity index (χ0n) is 12.1. The van der Waals surface area contributed by atoms with E-state index in [1.807, 2.05) is 30.0 Å². The van der Waals surface area contributed by atoms with Gasteiger partial charge in [0.1, 0.15) is 0 Å². The van der Waals surface area contributed by atoms with Crippen LogP contribution in [0.2, 0.25) is 0 Å². The van der Waals surface area contributed by atoms with E-state index < -0.39 is 10.0 Å². The van der Waals surface area contributed by atoms with Crippen molar-refractivity contribution in [3.8, 4) is 0 Å². The maximum absolute atomic E-state index is 11.6. The molecule has 0 N–H and O–H groups in total. The van der Waals surface area contributed by atoms with Crippen LogP contribution in [-0.2, 0) is 16.6 Å². The summed E-state index contributed by atoms with van der Waals surface area (Å²) in [7, 11) is -3.09. The van der Waals surface area contributed by atoms with Crippen LogP contribution >= 0.6 is 0 Å². The van der Waals surface area contributed by atoms with Gasteiger partial charge >= 0.3 is 0 Å². The molecule has 20 heavy (non-hydrogen) atoms. The van der Waals surface area contributed by atoms with E-state index in [-0.39, 0.29) is 5.78 Å². The summed E-state index contributed by atoms with van der Waals surface area (Å²) in [5.41, 5.74) is 0.739. The lowest BCUT2D eigenvalue weighted by atomic mass is 10.00. The number of aromatic nitrogens is 1. The Balaban J connectivity index is 1.99. The third-order valence-electron chi connectivity index (χ3n) is 3.81. The van der Waals surface area contributed by atoms with Crippen molar-refractivity contribution in [2.24, 2.45) is 5.92 Å². The molecule has 1 aliphatic heterocycles. The molecule has 1 fully saturated rings. The van der Waals surface area contributed by atoms with E-state index in [2.05, 4.69) is 0 Å². The highest BCUT2D eigenvalue weighted by atomic mass is 32.2. The summed E-state index contributed by atoms with van der Waals surface area (Å²) in [6, 6.07) is 1.84. The second-order valence-electron chi connectivity index (χ2n) is 5.50. The predicted octanol–water partition coefficient (Wildman–Crippen LogP) is 1.75. The maximum atomic E-state index is 11.6. The number of nitrogens with zero attached hydrogens (tertiary/aromatic N) is 2. The monoisotopic (exact) mass is 298 g/mol. The first kappa shape index (κ1) is 15.3. The van der Waals surface area contributed by atoms with Crippen molar-refractivity contribution < 1.29 is 13.2 Å². The molecule has 0 spiro atoms. The summed E-state index contributed by atoms with van der Waals surface area (Å²) in [5, 5.41) is 0. The molecule has 0 amide bonds. The van der Waals surface area contributed by atoms with Crippen LogP contribution in [0.1, 0.15) is 36.5 Å². The molecule has 1 saturated heterocycles. The Bertz CT molecular complexity index is 577. The molecule has 2 rings (SSSR count). The van der Waals surface area contributed by atoms with E-state index in [4.69, 9.17) is 0 Å². The first-order valence-corrected chi connectivity index (χ1v) is 8.89. The first-order chi connectivity index (χ1) is 9.40. The molecule has 0 radical (unpaired) electrons. The fourth-order valence-electron chi connectivity index (χ4n) is 2.70. The SMILES string of the molecule is CCC(=O)c1ccn(CC2CCCN(S(C)(=O)=O)C2)c1. The molecule has 0 bridgehead atoms.